The maximum absolute atomic E-state index is 13.6. The highest BCUT2D eigenvalue weighted by Crippen LogP contribution is 2.32. The largest absolute Gasteiger partial charge is 0.323 e. The van der Waals surface area contributed by atoms with E-state index >= 15 is 0 Å². The van der Waals surface area contributed by atoms with Gasteiger partial charge in [-0.2, -0.15) is 0 Å². The van der Waals surface area contributed by atoms with Gasteiger partial charge in [0.2, 0.25) is 0 Å². The number of amides is 1. The molecule has 0 saturated carbocycles. The highest BCUT2D eigenvalue weighted by atomic mass is 32.1. The Hall–Kier alpha value is -3.42. The lowest BCUT2D eigenvalue weighted by atomic mass is 10.0. The highest BCUT2D eigenvalue weighted by Gasteiger charge is 2.30. The molecule has 1 aromatic heterocycles. The minimum absolute atomic E-state index is 0.00860. The molecule has 5 rings (SSSR count). The van der Waals surface area contributed by atoms with Gasteiger partial charge in [0.15, 0.2) is 0 Å². The van der Waals surface area contributed by atoms with Crippen LogP contribution in [-0.4, -0.2) is 28.4 Å². The van der Waals surface area contributed by atoms with E-state index in [9.17, 15) is 4.79 Å². The van der Waals surface area contributed by atoms with Crippen LogP contribution in [0.2, 0.25) is 0 Å². The average molecular weight is 437 g/mol. The number of rotatable bonds is 2. The van der Waals surface area contributed by atoms with Crippen LogP contribution in [0.1, 0.15) is 40.3 Å². The minimum atomic E-state index is -0.0895. The Balaban J connectivity index is 1.44. The number of carbonyl (C=O) groups is 1. The van der Waals surface area contributed by atoms with E-state index in [2.05, 4.69) is 47.2 Å². The van der Waals surface area contributed by atoms with Crippen LogP contribution in [0.25, 0.3) is 21.2 Å². The van der Waals surface area contributed by atoms with Crippen molar-refractivity contribution in [2.45, 2.75) is 32.2 Å². The van der Waals surface area contributed by atoms with E-state index in [-0.39, 0.29) is 11.9 Å². The molecule has 1 unspecified atom stereocenters. The Labute approximate surface area is 192 Å². The molecule has 3 nitrogen and oxygen atoms in total. The van der Waals surface area contributed by atoms with Crippen molar-refractivity contribution in [3.05, 3.63) is 89.1 Å². The summed E-state index contributed by atoms with van der Waals surface area (Å²) in [5, 5.41) is 3.30. The zero-order valence-electron chi connectivity index (χ0n) is 18.0. The van der Waals surface area contributed by atoms with E-state index < -0.39 is 0 Å². The summed E-state index contributed by atoms with van der Waals surface area (Å²) in [5.74, 6) is 6.72. The van der Waals surface area contributed by atoms with Gasteiger partial charge in [-0.3, -0.25) is 4.79 Å². The summed E-state index contributed by atoms with van der Waals surface area (Å²) in [6.07, 6.45) is 2.99. The molecule has 0 bridgehead atoms. The summed E-state index contributed by atoms with van der Waals surface area (Å²) < 4.78 is 0. The first kappa shape index (κ1) is 20.5. The lowest BCUT2D eigenvalue weighted by Crippen LogP contribution is -2.43. The number of hydrogen-bond donors (Lipinski definition) is 0. The van der Waals surface area contributed by atoms with Gasteiger partial charge in [-0.1, -0.05) is 72.5 Å². The molecule has 4 aromatic rings. The third kappa shape index (κ3) is 4.17. The van der Waals surface area contributed by atoms with Crippen LogP contribution >= 0.6 is 11.3 Å². The maximum Gasteiger partial charge on any atom is 0.274 e. The number of likely N-dealkylation sites (tertiary alicyclic amines) is 1. The Morgan fingerprint density at radius 2 is 1.78 bits per heavy atom. The maximum atomic E-state index is 13.6. The second kappa shape index (κ2) is 8.98. The second-order valence-electron chi connectivity index (χ2n) is 8.12. The molecule has 1 aliphatic heterocycles. The molecule has 0 N–H and O–H groups in total. The molecule has 1 aliphatic rings. The second-order valence-corrected chi connectivity index (χ2v) is 9.32. The fourth-order valence-electron chi connectivity index (χ4n) is 4.25. The van der Waals surface area contributed by atoms with Crippen LogP contribution in [0.4, 0.5) is 0 Å². The summed E-state index contributed by atoms with van der Waals surface area (Å²) in [6.45, 7) is 2.68. The van der Waals surface area contributed by atoms with Crippen LogP contribution in [0.15, 0.2) is 72.8 Å². The van der Waals surface area contributed by atoms with Gasteiger partial charge in [0.1, 0.15) is 5.69 Å². The van der Waals surface area contributed by atoms with Crippen molar-refractivity contribution in [3.63, 3.8) is 0 Å². The van der Waals surface area contributed by atoms with E-state index in [1.54, 1.807) is 11.3 Å². The van der Waals surface area contributed by atoms with E-state index in [1.165, 1.54) is 10.8 Å². The van der Waals surface area contributed by atoms with Gasteiger partial charge in [0.25, 0.3) is 5.91 Å². The Bertz CT molecular complexity index is 1330. The van der Waals surface area contributed by atoms with Crippen molar-refractivity contribution in [1.29, 1.82) is 0 Å². The lowest BCUT2D eigenvalue weighted by molar-refractivity contribution is 0.0668. The third-order valence-electron chi connectivity index (χ3n) is 5.87. The van der Waals surface area contributed by atoms with Crippen LogP contribution in [0, 0.1) is 18.8 Å². The van der Waals surface area contributed by atoms with Crippen molar-refractivity contribution in [3.8, 4) is 22.3 Å². The average Bonchev–Trinajstić information content (AvgIpc) is 3.24. The summed E-state index contributed by atoms with van der Waals surface area (Å²) in [4.78, 5) is 21.1. The predicted molar refractivity (Wildman–Crippen MR) is 132 cm³/mol. The highest BCUT2D eigenvalue weighted by molar-refractivity contribution is 7.15. The van der Waals surface area contributed by atoms with Crippen LogP contribution in [0.5, 0.6) is 0 Å². The number of benzene rings is 3. The van der Waals surface area contributed by atoms with Crippen molar-refractivity contribution < 1.29 is 4.79 Å². The molecular weight excluding hydrogens is 412 g/mol. The van der Waals surface area contributed by atoms with Crippen LogP contribution in [-0.2, 0) is 0 Å². The smallest absolute Gasteiger partial charge is 0.274 e. The minimum Gasteiger partial charge on any atom is -0.323 e. The third-order valence-corrected chi connectivity index (χ3v) is 6.89. The van der Waals surface area contributed by atoms with Crippen molar-refractivity contribution >= 4 is 28.0 Å². The normalized spacial score (nSPS) is 15.9. The van der Waals surface area contributed by atoms with Gasteiger partial charge in [0, 0.05) is 12.1 Å². The van der Waals surface area contributed by atoms with E-state index in [0.29, 0.717) is 5.69 Å². The summed E-state index contributed by atoms with van der Waals surface area (Å²) in [6, 6.07) is 24.5. The molecule has 0 aliphatic carbocycles. The number of hydrogen-bond acceptors (Lipinski definition) is 3. The molecule has 4 heteroatoms. The summed E-state index contributed by atoms with van der Waals surface area (Å²) in [5.41, 5.74) is 2.58. The van der Waals surface area contributed by atoms with Gasteiger partial charge in [0.05, 0.1) is 15.9 Å². The Morgan fingerprint density at radius 1 is 1.00 bits per heavy atom. The van der Waals surface area contributed by atoms with Gasteiger partial charge in [-0.25, -0.2) is 4.98 Å². The number of carbonyl (C=O) groups excluding carboxylic acids is 1. The first-order valence-corrected chi connectivity index (χ1v) is 11.8. The number of thiazole rings is 1. The molecule has 1 saturated heterocycles. The fourth-order valence-corrected chi connectivity index (χ4v) is 5.17. The monoisotopic (exact) mass is 436 g/mol. The van der Waals surface area contributed by atoms with Gasteiger partial charge < -0.3 is 4.90 Å². The number of nitrogens with zero attached hydrogens (tertiary/aromatic N) is 2. The van der Waals surface area contributed by atoms with Gasteiger partial charge >= 0.3 is 0 Å². The van der Waals surface area contributed by atoms with Crippen LogP contribution in [0.3, 0.4) is 0 Å². The number of aromatic nitrogens is 1. The number of piperidine rings is 1. The van der Waals surface area contributed by atoms with Crippen molar-refractivity contribution in [2.75, 3.05) is 6.54 Å². The first-order chi connectivity index (χ1) is 15.7. The molecule has 2 heterocycles. The topological polar surface area (TPSA) is 33.2 Å². The van der Waals surface area contributed by atoms with Gasteiger partial charge in [-0.05, 0) is 54.7 Å². The number of aryl methyl sites for hydroxylation is 1. The van der Waals surface area contributed by atoms with Crippen LogP contribution < -0.4 is 0 Å². The number of fused-ring (bicyclic) bond motifs is 1. The van der Waals surface area contributed by atoms with Crippen molar-refractivity contribution in [1.82, 2.24) is 9.88 Å². The zero-order valence-corrected chi connectivity index (χ0v) is 18.9. The lowest BCUT2D eigenvalue weighted by Gasteiger charge is -2.32. The molecule has 1 atom stereocenters. The van der Waals surface area contributed by atoms with E-state index in [4.69, 9.17) is 0 Å². The SMILES string of the molecule is Cc1nc(C(=O)N2CCCCC2C#Cc2ccc3ccccc3c2)c(-c2ccccc2)s1. The quantitative estimate of drug-likeness (QED) is 0.345. The van der Waals surface area contributed by atoms with E-state index in [0.717, 1.165) is 46.8 Å². The summed E-state index contributed by atoms with van der Waals surface area (Å²) >= 11 is 1.58. The molecule has 158 valence electrons. The summed E-state index contributed by atoms with van der Waals surface area (Å²) in [7, 11) is 0. The fraction of sp³-hybridized carbons (Fsp3) is 0.214. The molecule has 1 fully saturated rings. The standard InChI is InChI=1S/C28H24N2OS/c1-20-29-26(27(32-20)23-10-3-2-4-11-23)28(31)30-18-8-7-13-25(30)17-15-21-14-16-22-9-5-6-12-24(22)19-21/h2-6,9-12,14,16,19,25H,7-8,13,18H2,1H3. The molecule has 0 radical (unpaired) electrons. The molecule has 1 amide bonds. The molecule has 0 spiro atoms. The van der Waals surface area contributed by atoms with E-state index in [1.807, 2.05) is 54.3 Å². The predicted octanol–water partition coefficient (Wildman–Crippen LogP) is 6.32. The zero-order chi connectivity index (χ0) is 21.9. The molecular formula is C28H24N2OS. The van der Waals surface area contributed by atoms with Crippen molar-refractivity contribution in [2.24, 2.45) is 0 Å². The van der Waals surface area contributed by atoms with Gasteiger partial charge in [-0.15, -0.1) is 11.3 Å². The molecule has 32 heavy (non-hydrogen) atoms. The Morgan fingerprint density at radius 3 is 2.62 bits per heavy atom. The first-order valence-electron chi connectivity index (χ1n) is 11.0. The molecule has 3 aromatic carbocycles. The Kier molecular flexibility index (Phi) is 5.75.